The standard InChI is InChI=1S/C11H13F3N4S/c1-3-15-10-16-8(18(2)6-11(12,13)14)7-4-5-19-9(7)17-10/h4-5H,3,6H2,1-2H3,(H,15,16,17). The monoisotopic (exact) mass is 290 g/mol. The molecule has 0 saturated carbocycles. The van der Waals surface area contributed by atoms with Gasteiger partial charge in [-0.1, -0.05) is 0 Å². The topological polar surface area (TPSA) is 41.1 Å². The minimum atomic E-state index is -4.26. The number of anilines is 2. The second kappa shape index (κ2) is 5.20. The van der Waals surface area contributed by atoms with Gasteiger partial charge in [0.2, 0.25) is 5.95 Å². The van der Waals surface area contributed by atoms with Gasteiger partial charge in [-0.15, -0.1) is 11.3 Å². The number of fused-ring (bicyclic) bond motifs is 1. The largest absolute Gasteiger partial charge is 0.405 e. The van der Waals surface area contributed by atoms with Crippen molar-refractivity contribution in [2.45, 2.75) is 13.1 Å². The molecular weight excluding hydrogens is 277 g/mol. The van der Waals surface area contributed by atoms with E-state index in [1.165, 1.54) is 18.4 Å². The highest BCUT2D eigenvalue weighted by molar-refractivity contribution is 7.16. The molecule has 0 fully saturated rings. The number of aromatic nitrogens is 2. The van der Waals surface area contributed by atoms with Crippen LogP contribution in [0.25, 0.3) is 10.2 Å². The van der Waals surface area contributed by atoms with E-state index >= 15 is 0 Å². The van der Waals surface area contributed by atoms with Crippen LogP contribution in [0.5, 0.6) is 0 Å². The Morgan fingerprint density at radius 2 is 2.11 bits per heavy atom. The van der Waals surface area contributed by atoms with Crippen molar-refractivity contribution < 1.29 is 13.2 Å². The summed E-state index contributed by atoms with van der Waals surface area (Å²) >= 11 is 1.38. The number of thiophene rings is 1. The first kappa shape index (κ1) is 13.9. The molecule has 0 unspecified atom stereocenters. The van der Waals surface area contributed by atoms with Crippen LogP contribution < -0.4 is 10.2 Å². The van der Waals surface area contributed by atoms with E-state index in [-0.39, 0.29) is 0 Å². The fraction of sp³-hybridized carbons (Fsp3) is 0.455. The van der Waals surface area contributed by atoms with E-state index in [0.717, 1.165) is 4.90 Å². The van der Waals surface area contributed by atoms with Gasteiger partial charge in [-0.3, -0.25) is 0 Å². The average molecular weight is 290 g/mol. The molecule has 104 valence electrons. The Balaban J connectivity index is 2.42. The Labute approximate surface area is 112 Å². The minimum absolute atomic E-state index is 0.291. The number of hydrogen-bond donors (Lipinski definition) is 1. The van der Waals surface area contributed by atoms with Gasteiger partial charge in [0.1, 0.15) is 17.2 Å². The van der Waals surface area contributed by atoms with E-state index in [2.05, 4.69) is 15.3 Å². The average Bonchev–Trinajstić information content (AvgIpc) is 2.73. The summed E-state index contributed by atoms with van der Waals surface area (Å²) in [5.41, 5.74) is 0. The zero-order chi connectivity index (χ0) is 14.0. The van der Waals surface area contributed by atoms with Crippen LogP contribution in [0.2, 0.25) is 0 Å². The van der Waals surface area contributed by atoms with Crippen molar-refractivity contribution in [2.24, 2.45) is 0 Å². The smallest absolute Gasteiger partial charge is 0.354 e. The third kappa shape index (κ3) is 3.25. The lowest BCUT2D eigenvalue weighted by Gasteiger charge is -2.21. The zero-order valence-electron chi connectivity index (χ0n) is 10.5. The Bertz CT molecular complexity index is 567. The number of halogens is 3. The summed E-state index contributed by atoms with van der Waals surface area (Å²) in [6.07, 6.45) is -4.26. The summed E-state index contributed by atoms with van der Waals surface area (Å²) in [7, 11) is 1.38. The van der Waals surface area contributed by atoms with Crippen molar-refractivity contribution >= 4 is 33.3 Å². The molecule has 0 spiro atoms. The maximum absolute atomic E-state index is 12.5. The van der Waals surface area contributed by atoms with Gasteiger partial charge >= 0.3 is 6.18 Å². The first-order valence-electron chi connectivity index (χ1n) is 5.67. The molecule has 19 heavy (non-hydrogen) atoms. The van der Waals surface area contributed by atoms with Gasteiger partial charge in [0.15, 0.2) is 0 Å². The lowest BCUT2D eigenvalue weighted by molar-refractivity contribution is -0.119. The van der Waals surface area contributed by atoms with Crippen LogP contribution in [0, 0.1) is 0 Å². The summed E-state index contributed by atoms with van der Waals surface area (Å²) in [6.45, 7) is 1.45. The van der Waals surface area contributed by atoms with Gasteiger partial charge in [0, 0.05) is 13.6 Å². The molecule has 4 nitrogen and oxygen atoms in total. The van der Waals surface area contributed by atoms with Crippen LogP contribution in [-0.4, -0.2) is 36.3 Å². The quantitative estimate of drug-likeness (QED) is 0.939. The molecule has 0 aliphatic rings. The summed E-state index contributed by atoms with van der Waals surface area (Å²) in [4.78, 5) is 10.2. The van der Waals surface area contributed by atoms with E-state index in [0.29, 0.717) is 28.5 Å². The maximum Gasteiger partial charge on any atom is 0.405 e. The summed E-state index contributed by atoms with van der Waals surface area (Å²) < 4.78 is 37.4. The van der Waals surface area contributed by atoms with Crippen LogP contribution in [-0.2, 0) is 0 Å². The molecule has 2 aromatic heterocycles. The third-order valence-corrected chi connectivity index (χ3v) is 3.22. The molecule has 2 rings (SSSR count). The highest BCUT2D eigenvalue weighted by atomic mass is 32.1. The van der Waals surface area contributed by atoms with E-state index in [1.54, 1.807) is 11.4 Å². The number of alkyl halides is 3. The van der Waals surface area contributed by atoms with Gasteiger partial charge in [0.25, 0.3) is 0 Å². The third-order valence-electron chi connectivity index (χ3n) is 2.42. The fourth-order valence-electron chi connectivity index (χ4n) is 1.71. The van der Waals surface area contributed by atoms with Crippen LogP contribution in [0.4, 0.5) is 24.9 Å². The minimum Gasteiger partial charge on any atom is -0.354 e. The van der Waals surface area contributed by atoms with Crippen molar-refractivity contribution in [1.82, 2.24) is 9.97 Å². The van der Waals surface area contributed by atoms with Gasteiger partial charge in [-0.25, -0.2) is 4.98 Å². The van der Waals surface area contributed by atoms with Crippen molar-refractivity contribution in [2.75, 3.05) is 30.4 Å². The summed E-state index contributed by atoms with van der Waals surface area (Å²) in [5.74, 6) is 0.640. The van der Waals surface area contributed by atoms with Gasteiger partial charge < -0.3 is 10.2 Å². The van der Waals surface area contributed by atoms with E-state index in [1.807, 2.05) is 6.92 Å². The SMILES string of the molecule is CCNc1nc(N(C)CC(F)(F)F)c2ccsc2n1. The van der Waals surface area contributed by atoms with Gasteiger partial charge in [-0.2, -0.15) is 18.2 Å². The Hall–Kier alpha value is -1.57. The molecular formula is C11H13F3N4S. The fourth-order valence-corrected chi connectivity index (χ4v) is 2.47. The Kier molecular flexibility index (Phi) is 3.79. The van der Waals surface area contributed by atoms with Gasteiger partial charge in [0.05, 0.1) is 5.39 Å². The van der Waals surface area contributed by atoms with E-state index in [9.17, 15) is 13.2 Å². The molecule has 2 heterocycles. The molecule has 0 aromatic carbocycles. The summed E-state index contributed by atoms with van der Waals surface area (Å²) in [6, 6.07) is 1.73. The highest BCUT2D eigenvalue weighted by Crippen LogP contribution is 2.30. The Morgan fingerprint density at radius 3 is 2.74 bits per heavy atom. The lowest BCUT2D eigenvalue weighted by atomic mass is 10.3. The molecule has 1 N–H and O–H groups in total. The first-order chi connectivity index (χ1) is 8.90. The Morgan fingerprint density at radius 1 is 1.37 bits per heavy atom. The molecule has 0 bridgehead atoms. The molecule has 0 atom stereocenters. The van der Waals surface area contributed by atoms with Crippen LogP contribution in [0.1, 0.15) is 6.92 Å². The molecule has 0 aliphatic heterocycles. The van der Waals surface area contributed by atoms with Crippen molar-refractivity contribution in [3.63, 3.8) is 0 Å². The molecule has 8 heteroatoms. The van der Waals surface area contributed by atoms with Crippen LogP contribution >= 0.6 is 11.3 Å². The summed E-state index contributed by atoms with van der Waals surface area (Å²) in [5, 5.41) is 5.35. The lowest BCUT2D eigenvalue weighted by Crippen LogP contribution is -2.31. The molecule has 0 radical (unpaired) electrons. The van der Waals surface area contributed by atoms with E-state index < -0.39 is 12.7 Å². The van der Waals surface area contributed by atoms with Crippen LogP contribution in [0.15, 0.2) is 11.4 Å². The molecule has 2 aromatic rings. The number of nitrogens with one attached hydrogen (secondary N) is 1. The number of nitrogens with zero attached hydrogens (tertiary/aromatic N) is 3. The first-order valence-corrected chi connectivity index (χ1v) is 6.55. The van der Waals surface area contributed by atoms with Crippen molar-refractivity contribution in [3.8, 4) is 0 Å². The zero-order valence-corrected chi connectivity index (χ0v) is 11.3. The second-order valence-corrected chi connectivity index (χ2v) is 4.91. The predicted octanol–water partition coefficient (Wildman–Crippen LogP) is 3.12. The number of rotatable bonds is 4. The predicted molar refractivity (Wildman–Crippen MR) is 70.9 cm³/mol. The van der Waals surface area contributed by atoms with Crippen molar-refractivity contribution in [1.29, 1.82) is 0 Å². The number of hydrogen-bond acceptors (Lipinski definition) is 5. The van der Waals surface area contributed by atoms with Crippen LogP contribution in [0.3, 0.4) is 0 Å². The van der Waals surface area contributed by atoms with Crippen molar-refractivity contribution in [3.05, 3.63) is 11.4 Å². The molecule has 0 amide bonds. The maximum atomic E-state index is 12.5. The normalized spacial score (nSPS) is 11.8. The molecule has 0 saturated heterocycles. The van der Waals surface area contributed by atoms with E-state index in [4.69, 9.17) is 0 Å². The van der Waals surface area contributed by atoms with Gasteiger partial charge in [-0.05, 0) is 18.4 Å². The second-order valence-electron chi connectivity index (χ2n) is 4.01. The highest BCUT2D eigenvalue weighted by Gasteiger charge is 2.30. The molecule has 0 aliphatic carbocycles.